The molecule has 1 aromatic rings. The molecule has 0 aliphatic carbocycles. The number of unbranched alkanes of at least 4 members (excludes halogenated alkanes) is 1. The van der Waals surface area contributed by atoms with Gasteiger partial charge in [0.25, 0.3) is 0 Å². The van der Waals surface area contributed by atoms with Gasteiger partial charge in [0.05, 0.1) is 0 Å². The van der Waals surface area contributed by atoms with Crippen molar-refractivity contribution < 1.29 is 25.5 Å². The molecule has 1 rings (SSSR count). The van der Waals surface area contributed by atoms with E-state index in [2.05, 4.69) is 0 Å². The van der Waals surface area contributed by atoms with Gasteiger partial charge in [-0.2, -0.15) is 0 Å². The molecule has 0 bridgehead atoms. The molecule has 0 aliphatic heterocycles. The van der Waals surface area contributed by atoms with E-state index >= 15 is 0 Å². The first kappa shape index (κ1) is 13.3. The number of aliphatic hydroxyl groups excluding tert-OH is 1. The van der Waals surface area contributed by atoms with Crippen molar-refractivity contribution in [3.8, 4) is 17.2 Å². The van der Waals surface area contributed by atoms with Crippen LogP contribution in [0.1, 0.15) is 18.4 Å². The van der Waals surface area contributed by atoms with Crippen molar-refractivity contribution in [2.24, 2.45) is 0 Å². The number of aryl methyl sites for hydroxylation is 1. The lowest BCUT2D eigenvalue weighted by atomic mass is 10.1. The summed E-state index contributed by atoms with van der Waals surface area (Å²) in [6.07, 6.45) is 3.47. The zero-order chi connectivity index (χ0) is 12.8. The molecule has 0 saturated heterocycles. The summed E-state index contributed by atoms with van der Waals surface area (Å²) in [6.45, 7) is 0. The zero-order valence-corrected chi connectivity index (χ0v) is 9.24. The van der Waals surface area contributed by atoms with Crippen molar-refractivity contribution in [1.82, 2.24) is 0 Å². The highest BCUT2D eigenvalue weighted by atomic mass is 16.5. The van der Waals surface area contributed by atoms with Crippen molar-refractivity contribution in [1.29, 1.82) is 0 Å². The van der Waals surface area contributed by atoms with Crippen molar-refractivity contribution in [2.75, 3.05) is 0 Å². The number of benzene rings is 1. The van der Waals surface area contributed by atoms with Gasteiger partial charge in [0.2, 0.25) is 0 Å². The van der Waals surface area contributed by atoms with Gasteiger partial charge in [-0.15, -0.1) is 0 Å². The second kappa shape index (κ2) is 6.12. The zero-order valence-electron chi connectivity index (χ0n) is 9.24. The molecule has 0 aromatic heterocycles. The van der Waals surface area contributed by atoms with E-state index in [0.717, 1.165) is 6.42 Å². The third kappa shape index (κ3) is 4.34. The number of phenolic OH excluding ortho intramolecular Hbond substituents is 3. The standard InChI is InChI=1S/C12H16O5/c13-9-6-8(7-10(14)12(9)17)4-2-1-3-5-11(15)16/h3,5-7,11,13-17H,1-2,4H2. The monoisotopic (exact) mass is 240 g/mol. The summed E-state index contributed by atoms with van der Waals surface area (Å²) in [4.78, 5) is 0. The molecule has 0 amide bonds. The van der Waals surface area contributed by atoms with Crippen LogP contribution in [0.4, 0.5) is 0 Å². The summed E-state index contributed by atoms with van der Waals surface area (Å²) in [5.41, 5.74) is 0.704. The van der Waals surface area contributed by atoms with Gasteiger partial charge in [-0.1, -0.05) is 6.08 Å². The molecule has 1 aromatic carbocycles. The van der Waals surface area contributed by atoms with E-state index in [1.165, 1.54) is 18.2 Å². The van der Waals surface area contributed by atoms with Gasteiger partial charge >= 0.3 is 0 Å². The number of hydrogen-bond acceptors (Lipinski definition) is 5. The van der Waals surface area contributed by atoms with Gasteiger partial charge in [0.1, 0.15) is 0 Å². The maximum atomic E-state index is 9.27. The topological polar surface area (TPSA) is 101 Å². The van der Waals surface area contributed by atoms with E-state index in [4.69, 9.17) is 15.3 Å². The lowest BCUT2D eigenvalue weighted by Gasteiger charge is -2.05. The molecule has 0 aliphatic rings. The predicted octanol–water partition coefficient (Wildman–Crippen LogP) is 0.993. The highest BCUT2D eigenvalue weighted by Crippen LogP contribution is 2.35. The van der Waals surface area contributed by atoms with Crippen LogP contribution in [0.3, 0.4) is 0 Å². The Labute approximate surface area is 98.9 Å². The van der Waals surface area contributed by atoms with Crippen LogP contribution in [0.25, 0.3) is 0 Å². The number of rotatable bonds is 5. The third-order valence-corrected chi connectivity index (χ3v) is 2.27. The second-order valence-corrected chi connectivity index (χ2v) is 3.72. The summed E-state index contributed by atoms with van der Waals surface area (Å²) in [5.74, 6) is -1.21. The van der Waals surface area contributed by atoms with Crippen molar-refractivity contribution >= 4 is 0 Å². The van der Waals surface area contributed by atoms with Gasteiger partial charge in [-0.3, -0.25) is 0 Å². The average molecular weight is 240 g/mol. The van der Waals surface area contributed by atoms with E-state index in [1.54, 1.807) is 6.08 Å². The fourth-order valence-corrected chi connectivity index (χ4v) is 1.45. The number of phenols is 3. The highest BCUT2D eigenvalue weighted by Gasteiger charge is 2.07. The van der Waals surface area contributed by atoms with Gasteiger partial charge in [-0.25, -0.2) is 0 Å². The predicted molar refractivity (Wildman–Crippen MR) is 61.7 cm³/mol. The maximum Gasteiger partial charge on any atom is 0.200 e. The summed E-state index contributed by atoms with van der Waals surface area (Å²) in [6, 6.07) is 2.78. The summed E-state index contributed by atoms with van der Waals surface area (Å²) < 4.78 is 0. The Morgan fingerprint density at radius 3 is 2.18 bits per heavy atom. The van der Waals surface area contributed by atoms with Gasteiger partial charge in [0.15, 0.2) is 23.5 Å². The quantitative estimate of drug-likeness (QED) is 0.229. The third-order valence-electron chi connectivity index (χ3n) is 2.27. The molecule has 0 fully saturated rings. The van der Waals surface area contributed by atoms with Gasteiger partial charge in [-0.05, 0) is 43.0 Å². The molecule has 94 valence electrons. The normalized spacial score (nSPS) is 11.5. The van der Waals surface area contributed by atoms with Crippen molar-refractivity contribution in [2.45, 2.75) is 25.6 Å². The Morgan fingerprint density at radius 2 is 1.65 bits per heavy atom. The Balaban J connectivity index is 2.47. The van der Waals surface area contributed by atoms with E-state index in [1.807, 2.05) is 0 Å². The van der Waals surface area contributed by atoms with Gasteiger partial charge < -0.3 is 25.5 Å². The first-order valence-electron chi connectivity index (χ1n) is 5.27. The van der Waals surface area contributed by atoms with Crippen LogP contribution < -0.4 is 0 Å². The van der Waals surface area contributed by atoms with Crippen LogP contribution in [0.5, 0.6) is 17.2 Å². The molecule has 5 heteroatoms. The van der Waals surface area contributed by atoms with E-state index in [0.29, 0.717) is 18.4 Å². The largest absolute Gasteiger partial charge is 0.504 e. The molecule has 0 heterocycles. The molecule has 0 unspecified atom stereocenters. The minimum Gasteiger partial charge on any atom is -0.504 e. The molecular weight excluding hydrogens is 224 g/mol. The fourth-order valence-electron chi connectivity index (χ4n) is 1.45. The first-order chi connectivity index (χ1) is 8.00. The number of hydrogen-bond donors (Lipinski definition) is 5. The fraction of sp³-hybridized carbons (Fsp3) is 0.333. The summed E-state index contributed by atoms with van der Waals surface area (Å²) in [5, 5.41) is 44.8. The van der Waals surface area contributed by atoms with E-state index in [-0.39, 0.29) is 11.5 Å². The van der Waals surface area contributed by atoms with Crippen LogP contribution in [-0.4, -0.2) is 31.8 Å². The van der Waals surface area contributed by atoms with E-state index < -0.39 is 12.0 Å². The Morgan fingerprint density at radius 1 is 1.06 bits per heavy atom. The van der Waals surface area contributed by atoms with Crippen LogP contribution >= 0.6 is 0 Å². The lowest BCUT2D eigenvalue weighted by Crippen LogP contribution is -1.97. The average Bonchev–Trinajstić information content (AvgIpc) is 2.25. The molecule has 0 atom stereocenters. The molecule has 17 heavy (non-hydrogen) atoms. The smallest absolute Gasteiger partial charge is 0.200 e. The van der Waals surface area contributed by atoms with E-state index in [9.17, 15) is 10.2 Å². The summed E-state index contributed by atoms with van der Waals surface area (Å²) in [7, 11) is 0. The summed E-state index contributed by atoms with van der Waals surface area (Å²) >= 11 is 0. The van der Waals surface area contributed by atoms with Crippen LogP contribution in [-0.2, 0) is 6.42 Å². The molecule has 5 N–H and O–H groups in total. The minimum atomic E-state index is -1.43. The molecule has 5 nitrogen and oxygen atoms in total. The highest BCUT2D eigenvalue weighted by molar-refractivity contribution is 5.51. The van der Waals surface area contributed by atoms with Crippen molar-refractivity contribution in [3.63, 3.8) is 0 Å². The number of allylic oxidation sites excluding steroid dienone is 1. The van der Waals surface area contributed by atoms with Crippen molar-refractivity contribution in [3.05, 3.63) is 29.8 Å². The molecular formula is C12H16O5. The maximum absolute atomic E-state index is 9.27. The first-order valence-corrected chi connectivity index (χ1v) is 5.27. The molecule has 0 saturated carbocycles. The Hall–Kier alpha value is -1.72. The Kier molecular flexibility index (Phi) is 4.81. The molecule has 0 radical (unpaired) electrons. The molecule has 0 spiro atoms. The second-order valence-electron chi connectivity index (χ2n) is 3.72. The van der Waals surface area contributed by atoms with Crippen LogP contribution in [0.2, 0.25) is 0 Å². The Bertz CT molecular complexity index is 375. The SMILES string of the molecule is Oc1cc(CCCC=CC(O)O)cc(O)c1O. The number of aromatic hydroxyl groups is 3. The minimum absolute atomic E-state index is 0.346. The van der Waals surface area contributed by atoms with Crippen LogP contribution in [0.15, 0.2) is 24.3 Å². The number of aliphatic hydroxyl groups is 2. The van der Waals surface area contributed by atoms with Crippen LogP contribution in [0, 0.1) is 0 Å². The lowest BCUT2D eigenvalue weighted by molar-refractivity contribution is 0.00216. The van der Waals surface area contributed by atoms with Gasteiger partial charge in [0, 0.05) is 0 Å².